The molecule has 1 amide bonds. The Morgan fingerprint density at radius 3 is 2.46 bits per heavy atom. The van der Waals surface area contributed by atoms with Gasteiger partial charge in [0.25, 0.3) is 0 Å². The minimum absolute atomic E-state index is 0.0988. The van der Waals surface area contributed by atoms with Crippen LogP contribution in [-0.4, -0.2) is 62.8 Å². The van der Waals surface area contributed by atoms with E-state index in [0.29, 0.717) is 19.6 Å². The molecule has 8 heteroatoms. The van der Waals surface area contributed by atoms with E-state index in [-0.39, 0.29) is 17.3 Å². The highest BCUT2D eigenvalue weighted by atomic mass is 79.9. The number of hydrogen-bond donors (Lipinski definition) is 1. The maximum absolute atomic E-state index is 12.9. The molecule has 24 heavy (non-hydrogen) atoms. The van der Waals surface area contributed by atoms with Crippen LogP contribution < -0.4 is 5.32 Å². The van der Waals surface area contributed by atoms with E-state index in [1.54, 1.807) is 29.2 Å². The number of nitrogens with zero attached hydrogens (tertiary/aromatic N) is 2. The topological polar surface area (TPSA) is 69.7 Å². The van der Waals surface area contributed by atoms with E-state index in [2.05, 4.69) is 21.2 Å². The molecule has 1 fully saturated rings. The first-order valence-electron chi connectivity index (χ1n) is 8.19. The number of halogens is 1. The molecule has 1 aliphatic rings. The molecule has 1 aromatic carbocycles. The zero-order valence-electron chi connectivity index (χ0n) is 13.9. The van der Waals surface area contributed by atoms with Gasteiger partial charge in [0.05, 0.1) is 11.4 Å². The van der Waals surface area contributed by atoms with Crippen LogP contribution in [0.3, 0.4) is 0 Å². The Labute approximate surface area is 152 Å². The van der Waals surface area contributed by atoms with Crippen molar-refractivity contribution < 1.29 is 13.2 Å². The van der Waals surface area contributed by atoms with Crippen LogP contribution in [0.5, 0.6) is 0 Å². The monoisotopic (exact) mass is 417 g/mol. The number of carbonyl (C=O) groups is 1. The molecule has 1 saturated heterocycles. The summed E-state index contributed by atoms with van der Waals surface area (Å²) in [4.78, 5) is 14.4. The molecular weight excluding hydrogens is 394 g/mol. The lowest BCUT2D eigenvalue weighted by Gasteiger charge is -2.30. The van der Waals surface area contributed by atoms with Crippen molar-refractivity contribution in [2.24, 2.45) is 0 Å². The number of hydrogen-bond acceptors (Lipinski definition) is 4. The van der Waals surface area contributed by atoms with E-state index < -0.39 is 10.0 Å². The third-order valence-electron chi connectivity index (χ3n) is 3.99. The molecule has 0 aliphatic carbocycles. The van der Waals surface area contributed by atoms with Gasteiger partial charge in [0.15, 0.2) is 0 Å². The van der Waals surface area contributed by atoms with Crippen LogP contribution in [0.4, 0.5) is 0 Å². The largest absolute Gasteiger partial charge is 0.339 e. The van der Waals surface area contributed by atoms with Gasteiger partial charge in [-0.2, -0.15) is 4.31 Å². The highest BCUT2D eigenvalue weighted by Gasteiger charge is 2.28. The zero-order valence-corrected chi connectivity index (χ0v) is 16.3. The predicted octanol–water partition coefficient (Wildman–Crippen LogP) is 1.67. The maximum atomic E-state index is 12.9. The second-order valence-electron chi connectivity index (χ2n) is 5.78. The van der Waals surface area contributed by atoms with Crippen LogP contribution in [0.15, 0.2) is 33.6 Å². The molecule has 1 aromatic rings. The molecule has 0 bridgehead atoms. The molecule has 134 valence electrons. The van der Waals surface area contributed by atoms with Crippen molar-refractivity contribution in [3.8, 4) is 0 Å². The molecule has 0 unspecified atom stereocenters. The fourth-order valence-electron chi connectivity index (χ4n) is 2.54. The SMILES string of the molecule is CCCCN(CC(=O)N1CCNCC1)S(=O)(=O)c1ccc(Br)cc1. The van der Waals surface area contributed by atoms with Gasteiger partial charge in [-0.05, 0) is 30.7 Å². The molecule has 1 aliphatic heterocycles. The molecule has 2 rings (SSSR count). The second kappa shape index (κ2) is 8.94. The van der Waals surface area contributed by atoms with Crippen LogP contribution in [0.2, 0.25) is 0 Å². The van der Waals surface area contributed by atoms with Crippen molar-refractivity contribution >= 4 is 31.9 Å². The fraction of sp³-hybridized carbons (Fsp3) is 0.562. The molecule has 1 N–H and O–H groups in total. The van der Waals surface area contributed by atoms with Gasteiger partial charge < -0.3 is 10.2 Å². The van der Waals surface area contributed by atoms with Crippen LogP contribution in [-0.2, 0) is 14.8 Å². The Kier molecular flexibility index (Phi) is 7.21. The highest BCUT2D eigenvalue weighted by molar-refractivity contribution is 9.10. The third-order valence-corrected chi connectivity index (χ3v) is 6.38. The van der Waals surface area contributed by atoms with E-state index in [1.165, 1.54) is 4.31 Å². The lowest BCUT2D eigenvalue weighted by molar-refractivity contribution is -0.131. The smallest absolute Gasteiger partial charge is 0.243 e. The van der Waals surface area contributed by atoms with Gasteiger partial charge in [0.2, 0.25) is 15.9 Å². The van der Waals surface area contributed by atoms with Gasteiger partial charge in [0.1, 0.15) is 0 Å². The summed E-state index contributed by atoms with van der Waals surface area (Å²) in [6, 6.07) is 6.52. The van der Waals surface area contributed by atoms with Crippen molar-refractivity contribution in [2.45, 2.75) is 24.7 Å². The predicted molar refractivity (Wildman–Crippen MR) is 97.3 cm³/mol. The Balaban J connectivity index is 2.16. The standard InChI is InChI=1S/C16H24BrN3O3S/c1-2-3-10-20(13-16(21)19-11-8-18-9-12-19)24(22,23)15-6-4-14(17)5-7-15/h4-7,18H,2-3,8-13H2,1H3. The number of sulfonamides is 1. The van der Waals surface area contributed by atoms with Crippen LogP contribution in [0.25, 0.3) is 0 Å². The Hall–Kier alpha value is -0.960. The first-order chi connectivity index (χ1) is 11.4. The molecule has 0 radical (unpaired) electrons. The Morgan fingerprint density at radius 1 is 1.25 bits per heavy atom. The molecule has 1 heterocycles. The Morgan fingerprint density at radius 2 is 1.88 bits per heavy atom. The first kappa shape index (κ1) is 19.4. The summed E-state index contributed by atoms with van der Waals surface area (Å²) >= 11 is 3.31. The fourth-order valence-corrected chi connectivity index (χ4v) is 4.23. The molecular formula is C16H24BrN3O3S. The van der Waals surface area contributed by atoms with Gasteiger partial charge in [0, 0.05) is 37.2 Å². The van der Waals surface area contributed by atoms with Crippen molar-refractivity contribution in [2.75, 3.05) is 39.3 Å². The first-order valence-corrected chi connectivity index (χ1v) is 10.4. The van der Waals surface area contributed by atoms with Crippen molar-refractivity contribution in [1.82, 2.24) is 14.5 Å². The normalized spacial score (nSPS) is 15.7. The van der Waals surface area contributed by atoms with Gasteiger partial charge >= 0.3 is 0 Å². The second-order valence-corrected chi connectivity index (χ2v) is 8.63. The van der Waals surface area contributed by atoms with Gasteiger partial charge in [-0.15, -0.1) is 0 Å². The van der Waals surface area contributed by atoms with Crippen molar-refractivity contribution in [3.05, 3.63) is 28.7 Å². The highest BCUT2D eigenvalue weighted by Crippen LogP contribution is 2.19. The molecule has 0 atom stereocenters. The minimum Gasteiger partial charge on any atom is -0.339 e. The summed E-state index contributed by atoms with van der Waals surface area (Å²) < 4.78 is 27.9. The Bertz CT molecular complexity index is 643. The molecule has 0 aromatic heterocycles. The molecule has 0 saturated carbocycles. The van der Waals surface area contributed by atoms with E-state index >= 15 is 0 Å². The lowest BCUT2D eigenvalue weighted by atomic mass is 10.3. The maximum Gasteiger partial charge on any atom is 0.243 e. The van der Waals surface area contributed by atoms with Gasteiger partial charge in [-0.3, -0.25) is 4.79 Å². The number of amides is 1. The number of rotatable bonds is 7. The quantitative estimate of drug-likeness (QED) is 0.732. The van der Waals surface area contributed by atoms with Crippen LogP contribution in [0, 0.1) is 0 Å². The number of unbranched alkanes of at least 4 members (excludes halogenated alkanes) is 1. The summed E-state index contributed by atoms with van der Waals surface area (Å²) in [6.45, 7) is 5.01. The number of benzene rings is 1. The van der Waals surface area contributed by atoms with Crippen LogP contribution >= 0.6 is 15.9 Å². The van der Waals surface area contributed by atoms with Crippen LogP contribution in [0.1, 0.15) is 19.8 Å². The average Bonchev–Trinajstić information content (AvgIpc) is 2.59. The third kappa shape index (κ3) is 5.02. The van der Waals surface area contributed by atoms with E-state index in [4.69, 9.17) is 0 Å². The van der Waals surface area contributed by atoms with Crippen molar-refractivity contribution in [1.29, 1.82) is 0 Å². The summed E-state index contributed by atoms with van der Waals surface area (Å²) in [5.74, 6) is -0.131. The van der Waals surface area contributed by atoms with Gasteiger partial charge in [-0.1, -0.05) is 29.3 Å². The average molecular weight is 418 g/mol. The minimum atomic E-state index is -3.67. The van der Waals surface area contributed by atoms with E-state index in [9.17, 15) is 13.2 Å². The zero-order chi connectivity index (χ0) is 17.6. The summed E-state index contributed by atoms with van der Waals surface area (Å²) in [7, 11) is -3.67. The number of nitrogens with one attached hydrogen (secondary N) is 1. The lowest BCUT2D eigenvalue weighted by Crippen LogP contribution is -2.50. The number of piperazine rings is 1. The van der Waals surface area contributed by atoms with Crippen molar-refractivity contribution in [3.63, 3.8) is 0 Å². The molecule has 0 spiro atoms. The molecule has 6 nitrogen and oxygen atoms in total. The van der Waals surface area contributed by atoms with E-state index in [0.717, 1.165) is 30.4 Å². The van der Waals surface area contributed by atoms with Gasteiger partial charge in [-0.25, -0.2) is 8.42 Å². The number of carbonyl (C=O) groups excluding carboxylic acids is 1. The summed E-state index contributed by atoms with van der Waals surface area (Å²) in [6.07, 6.45) is 1.60. The summed E-state index contributed by atoms with van der Waals surface area (Å²) in [5.41, 5.74) is 0. The van der Waals surface area contributed by atoms with E-state index in [1.807, 2.05) is 6.92 Å². The summed E-state index contributed by atoms with van der Waals surface area (Å²) in [5, 5.41) is 3.19.